The summed E-state index contributed by atoms with van der Waals surface area (Å²) in [5, 5.41) is 8.78. The third-order valence-corrected chi connectivity index (χ3v) is 3.29. The zero-order valence-electron chi connectivity index (χ0n) is 13.8. The monoisotopic (exact) mass is 321 g/mol. The van der Waals surface area contributed by atoms with Crippen LogP contribution in [0.15, 0.2) is 48.5 Å². The fourth-order valence-corrected chi connectivity index (χ4v) is 2.15. The van der Waals surface area contributed by atoms with Crippen LogP contribution in [0.3, 0.4) is 0 Å². The zero-order valence-corrected chi connectivity index (χ0v) is 13.8. The molecule has 122 valence electrons. The number of benzene rings is 2. The Morgan fingerprint density at radius 1 is 1.04 bits per heavy atom. The Morgan fingerprint density at radius 3 is 2.33 bits per heavy atom. The quantitative estimate of drug-likeness (QED) is 0.565. The number of hydrogen-bond acceptors (Lipinski definition) is 4. The highest BCUT2D eigenvalue weighted by atomic mass is 16.5. The molecular weight excluding hydrogens is 302 g/mol. The van der Waals surface area contributed by atoms with E-state index in [9.17, 15) is 4.79 Å². The lowest BCUT2D eigenvalue weighted by Gasteiger charge is -2.11. The number of nitrogens with zero attached hydrogens (tertiary/aromatic N) is 1. The molecule has 0 aromatic heterocycles. The minimum Gasteiger partial charge on any atom is -0.490 e. The maximum Gasteiger partial charge on any atom is 0.185 e. The van der Waals surface area contributed by atoms with E-state index in [0.29, 0.717) is 35.8 Å². The van der Waals surface area contributed by atoms with Crippen LogP contribution in [-0.4, -0.2) is 19.0 Å². The van der Waals surface area contributed by atoms with Crippen molar-refractivity contribution < 1.29 is 14.3 Å². The van der Waals surface area contributed by atoms with Gasteiger partial charge < -0.3 is 9.47 Å². The van der Waals surface area contributed by atoms with E-state index >= 15 is 0 Å². The second kappa shape index (κ2) is 8.54. The highest BCUT2D eigenvalue weighted by Crippen LogP contribution is 2.29. The van der Waals surface area contributed by atoms with Crippen LogP contribution in [0.25, 0.3) is 6.08 Å². The molecule has 2 aromatic rings. The van der Waals surface area contributed by atoms with Gasteiger partial charge in [0.15, 0.2) is 17.3 Å². The Bertz CT molecular complexity index is 770. The molecule has 4 nitrogen and oxygen atoms in total. The Labute approximate surface area is 141 Å². The number of nitriles is 1. The second-order valence-corrected chi connectivity index (χ2v) is 4.96. The Morgan fingerprint density at radius 2 is 1.71 bits per heavy atom. The highest BCUT2D eigenvalue weighted by Gasteiger charge is 2.06. The van der Waals surface area contributed by atoms with Crippen LogP contribution in [0.5, 0.6) is 11.5 Å². The molecule has 0 saturated heterocycles. The van der Waals surface area contributed by atoms with Gasteiger partial charge in [-0.15, -0.1) is 0 Å². The van der Waals surface area contributed by atoms with Crippen LogP contribution >= 0.6 is 0 Å². The van der Waals surface area contributed by atoms with Crippen molar-refractivity contribution in [3.05, 3.63) is 65.2 Å². The highest BCUT2D eigenvalue weighted by molar-refractivity contribution is 6.06. The van der Waals surface area contributed by atoms with Crippen LogP contribution in [0.1, 0.15) is 35.3 Å². The normalized spacial score (nSPS) is 10.4. The number of ether oxygens (including phenoxy) is 2. The maximum atomic E-state index is 12.2. The van der Waals surface area contributed by atoms with Crippen molar-refractivity contribution in [3.63, 3.8) is 0 Å². The molecule has 0 fully saturated rings. The Balaban J connectivity index is 2.16. The summed E-state index contributed by atoms with van der Waals surface area (Å²) in [6.45, 7) is 4.93. The van der Waals surface area contributed by atoms with Gasteiger partial charge in [0.05, 0.1) is 24.8 Å². The summed E-state index contributed by atoms with van der Waals surface area (Å²) < 4.78 is 11.1. The van der Waals surface area contributed by atoms with E-state index < -0.39 is 0 Å². The molecule has 24 heavy (non-hydrogen) atoms. The molecule has 0 spiro atoms. The molecule has 0 unspecified atom stereocenters. The summed E-state index contributed by atoms with van der Waals surface area (Å²) in [6.07, 6.45) is 3.24. The first-order valence-electron chi connectivity index (χ1n) is 7.80. The van der Waals surface area contributed by atoms with Crippen molar-refractivity contribution in [1.29, 1.82) is 5.26 Å². The van der Waals surface area contributed by atoms with Gasteiger partial charge in [0.25, 0.3) is 0 Å². The predicted molar refractivity (Wildman–Crippen MR) is 93.3 cm³/mol. The summed E-state index contributed by atoms with van der Waals surface area (Å²) >= 11 is 0. The predicted octanol–water partition coefficient (Wildman–Crippen LogP) is 4.25. The molecule has 2 rings (SSSR count). The number of ketones is 1. The molecule has 0 bridgehead atoms. The summed E-state index contributed by atoms with van der Waals surface area (Å²) in [5.41, 5.74) is 1.92. The SMILES string of the molecule is CCOc1ccc(C=CC(=O)c2ccc(C#N)cc2)cc1OCC. The van der Waals surface area contributed by atoms with Crippen molar-refractivity contribution in [1.82, 2.24) is 0 Å². The minimum absolute atomic E-state index is 0.119. The van der Waals surface area contributed by atoms with Gasteiger partial charge in [-0.3, -0.25) is 4.79 Å². The zero-order chi connectivity index (χ0) is 17.4. The minimum atomic E-state index is -0.119. The first-order chi connectivity index (χ1) is 11.7. The summed E-state index contributed by atoms with van der Waals surface area (Å²) in [6, 6.07) is 14.1. The lowest BCUT2D eigenvalue weighted by molar-refractivity contribution is 0.104. The number of rotatable bonds is 7. The third kappa shape index (κ3) is 4.47. The van der Waals surface area contributed by atoms with Crippen molar-refractivity contribution in [2.45, 2.75) is 13.8 Å². The third-order valence-electron chi connectivity index (χ3n) is 3.29. The Kier molecular flexibility index (Phi) is 6.16. The molecule has 0 N–H and O–H groups in total. The van der Waals surface area contributed by atoms with E-state index in [4.69, 9.17) is 14.7 Å². The van der Waals surface area contributed by atoms with E-state index in [0.717, 1.165) is 5.56 Å². The van der Waals surface area contributed by atoms with E-state index in [-0.39, 0.29) is 5.78 Å². The molecule has 0 heterocycles. The molecule has 4 heteroatoms. The van der Waals surface area contributed by atoms with Gasteiger partial charge in [0.2, 0.25) is 0 Å². The van der Waals surface area contributed by atoms with Crippen LogP contribution in [0, 0.1) is 11.3 Å². The molecule has 0 amide bonds. The number of allylic oxidation sites excluding steroid dienone is 1. The van der Waals surface area contributed by atoms with E-state index in [1.54, 1.807) is 30.3 Å². The van der Waals surface area contributed by atoms with E-state index in [2.05, 4.69) is 0 Å². The smallest absolute Gasteiger partial charge is 0.185 e. The van der Waals surface area contributed by atoms with Crippen LogP contribution < -0.4 is 9.47 Å². The van der Waals surface area contributed by atoms with E-state index in [1.807, 2.05) is 38.1 Å². The summed E-state index contributed by atoms with van der Waals surface area (Å²) in [5.74, 6) is 1.23. The van der Waals surface area contributed by atoms with Gasteiger partial charge in [-0.25, -0.2) is 0 Å². The molecule has 0 atom stereocenters. The molecular formula is C20H19NO3. The topological polar surface area (TPSA) is 59.3 Å². The van der Waals surface area contributed by atoms with Gasteiger partial charge in [-0.2, -0.15) is 5.26 Å². The first-order valence-corrected chi connectivity index (χ1v) is 7.80. The maximum absolute atomic E-state index is 12.2. The van der Waals surface area contributed by atoms with E-state index in [1.165, 1.54) is 6.08 Å². The number of carbonyl (C=O) groups excluding carboxylic acids is 1. The number of carbonyl (C=O) groups is 1. The lowest BCUT2D eigenvalue weighted by atomic mass is 10.1. The van der Waals surface area contributed by atoms with Crippen molar-refractivity contribution in [3.8, 4) is 17.6 Å². The van der Waals surface area contributed by atoms with Gasteiger partial charge in [0.1, 0.15) is 0 Å². The van der Waals surface area contributed by atoms with Gasteiger partial charge in [-0.05, 0) is 61.9 Å². The van der Waals surface area contributed by atoms with Gasteiger partial charge >= 0.3 is 0 Å². The van der Waals surface area contributed by atoms with Crippen molar-refractivity contribution in [2.75, 3.05) is 13.2 Å². The van der Waals surface area contributed by atoms with Crippen LogP contribution in [0.2, 0.25) is 0 Å². The molecule has 0 aliphatic heterocycles. The average molecular weight is 321 g/mol. The fraction of sp³-hybridized carbons (Fsp3) is 0.200. The van der Waals surface area contributed by atoms with Crippen LogP contribution in [0.4, 0.5) is 0 Å². The van der Waals surface area contributed by atoms with Gasteiger partial charge in [-0.1, -0.05) is 12.1 Å². The average Bonchev–Trinajstić information content (AvgIpc) is 2.62. The van der Waals surface area contributed by atoms with Gasteiger partial charge in [0, 0.05) is 5.56 Å². The first kappa shape index (κ1) is 17.3. The summed E-state index contributed by atoms with van der Waals surface area (Å²) in [7, 11) is 0. The summed E-state index contributed by atoms with van der Waals surface area (Å²) in [4.78, 5) is 12.2. The number of hydrogen-bond donors (Lipinski definition) is 0. The van der Waals surface area contributed by atoms with Crippen LogP contribution in [-0.2, 0) is 0 Å². The molecule has 0 radical (unpaired) electrons. The standard InChI is InChI=1S/C20H19NO3/c1-3-23-19-12-8-15(13-20(19)24-4-2)7-11-18(22)17-9-5-16(14-21)6-10-17/h5-13H,3-4H2,1-2H3. The van der Waals surface area contributed by atoms with Crippen molar-refractivity contribution in [2.24, 2.45) is 0 Å². The van der Waals surface area contributed by atoms with Crippen molar-refractivity contribution >= 4 is 11.9 Å². The fourth-order valence-electron chi connectivity index (χ4n) is 2.15. The molecule has 0 aliphatic rings. The molecule has 0 saturated carbocycles. The second-order valence-electron chi connectivity index (χ2n) is 4.96. The largest absolute Gasteiger partial charge is 0.490 e. The molecule has 0 aliphatic carbocycles. The molecule has 2 aromatic carbocycles. The lowest BCUT2D eigenvalue weighted by Crippen LogP contribution is -1.98. The Hall–Kier alpha value is -3.06.